The predicted octanol–water partition coefficient (Wildman–Crippen LogP) is 3.45. The minimum atomic E-state index is -0.333. The van der Waals surface area contributed by atoms with E-state index in [2.05, 4.69) is 17.1 Å². The van der Waals surface area contributed by atoms with E-state index in [-0.39, 0.29) is 10.8 Å². The summed E-state index contributed by atoms with van der Waals surface area (Å²) < 4.78 is 13.4. The number of rotatable bonds is 4. The Bertz CT molecular complexity index is 389. The second kappa shape index (κ2) is 6.39. The Morgan fingerprint density at radius 1 is 1.39 bits per heavy atom. The molecule has 1 aliphatic rings. The molecule has 1 aromatic rings. The fourth-order valence-corrected chi connectivity index (χ4v) is 2.49. The van der Waals surface area contributed by atoms with Crippen molar-refractivity contribution in [3.05, 3.63) is 29.0 Å². The maximum Gasteiger partial charge on any atom is 0.143 e. The number of benzene rings is 1. The number of nitrogens with zero attached hydrogens (tertiary/aromatic N) is 1. The standard InChI is InChI=1S/C14H20ClFN2/c1-2-7-17-11-5-8-18(9-6-11)12-3-4-13(15)14(16)10-12/h3-4,10-11,17H,2,5-9H2,1H3. The van der Waals surface area contributed by atoms with Gasteiger partial charge in [-0.1, -0.05) is 18.5 Å². The number of halogens is 2. The van der Waals surface area contributed by atoms with Gasteiger partial charge >= 0.3 is 0 Å². The maximum absolute atomic E-state index is 13.4. The SMILES string of the molecule is CCCNC1CCN(c2ccc(Cl)c(F)c2)CC1. The molecule has 1 aromatic carbocycles. The van der Waals surface area contributed by atoms with E-state index in [9.17, 15) is 4.39 Å². The first-order valence-corrected chi connectivity index (χ1v) is 7.02. The number of hydrogen-bond acceptors (Lipinski definition) is 2. The van der Waals surface area contributed by atoms with Gasteiger partial charge in [-0.3, -0.25) is 0 Å². The van der Waals surface area contributed by atoms with E-state index in [1.54, 1.807) is 6.07 Å². The van der Waals surface area contributed by atoms with Crippen molar-refractivity contribution in [2.45, 2.75) is 32.2 Å². The van der Waals surface area contributed by atoms with Crippen LogP contribution < -0.4 is 10.2 Å². The molecule has 1 heterocycles. The zero-order valence-corrected chi connectivity index (χ0v) is 11.5. The molecule has 0 aliphatic carbocycles. The van der Waals surface area contributed by atoms with Crippen LogP contribution in [0.5, 0.6) is 0 Å². The van der Waals surface area contributed by atoms with Gasteiger partial charge < -0.3 is 10.2 Å². The molecule has 100 valence electrons. The van der Waals surface area contributed by atoms with Gasteiger partial charge in [0.15, 0.2) is 0 Å². The molecule has 1 aliphatic heterocycles. The third-order valence-electron chi connectivity index (χ3n) is 3.45. The van der Waals surface area contributed by atoms with Crippen LogP contribution in [0.4, 0.5) is 10.1 Å². The molecule has 2 nitrogen and oxygen atoms in total. The Morgan fingerprint density at radius 3 is 2.72 bits per heavy atom. The van der Waals surface area contributed by atoms with Gasteiger partial charge in [0.1, 0.15) is 5.82 Å². The van der Waals surface area contributed by atoms with E-state index in [0.717, 1.165) is 38.2 Å². The summed E-state index contributed by atoms with van der Waals surface area (Å²) in [5.74, 6) is -0.333. The smallest absolute Gasteiger partial charge is 0.143 e. The third-order valence-corrected chi connectivity index (χ3v) is 3.75. The van der Waals surface area contributed by atoms with E-state index >= 15 is 0 Å². The molecule has 0 radical (unpaired) electrons. The van der Waals surface area contributed by atoms with Crippen molar-refractivity contribution in [2.75, 3.05) is 24.5 Å². The van der Waals surface area contributed by atoms with E-state index in [0.29, 0.717) is 6.04 Å². The summed E-state index contributed by atoms with van der Waals surface area (Å²) in [5.41, 5.74) is 0.936. The van der Waals surface area contributed by atoms with Crippen molar-refractivity contribution >= 4 is 17.3 Å². The zero-order valence-electron chi connectivity index (χ0n) is 10.8. The van der Waals surface area contributed by atoms with Crippen molar-refractivity contribution in [1.29, 1.82) is 0 Å². The number of hydrogen-bond donors (Lipinski definition) is 1. The molecular weight excluding hydrogens is 251 g/mol. The first-order valence-electron chi connectivity index (χ1n) is 6.64. The highest BCUT2D eigenvalue weighted by molar-refractivity contribution is 6.30. The summed E-state index contributed by atoms with van der Waals surface area (Å²) in [4.78, 5) is 2.23. The molecule has 0 saturated carbocycles. The average Bonchev–Trinajstić information content (AvgIpc) is 2.40. The second-order valence-corrected chi connectivity index (χ2v) is 5.22. The van der Waals surface area contributed by atoms with Crippen molar-refractivity contribution in [3.63, 3.8) is 0 Å². The van der Waals surface area contributed by atoms with Gasteiger partial charge in [-0.25, -0.2) is 4.39 Å². The van der Waals surface area contributed by atoms with Crippen molar-refractivity contribution in [2.24, 2.45) is 0 Å². The normalized spacial score (nSPS) is 17.2. The van der Waals surface area contributed by atoms with Gasteiger partial charge in [0.25, 0.3) is 0 Å². The number of anilines is 1. The number of piperidine rings is 1. The van der Waals surface area contributed by atoms with E-state index in [1.165, 1.54) is 12.5 Å². The molecule has 1 saturated heterocycles. The molecule has 0 spiro atoms. The zero-order chi connectivity index (χ0) is 13.0. The van der Waals surface area contributed by atoms with Crippen LogP contribution in [-0.4, -0.2) is 25.7 Å². The summed E-state index contributed by atoms with van der Waals surface area (Å²) in [7, 11) is 0. The number of nitrogens with one attached hydrogen (secondary N) is 1. The molecule has 4 heteroatoms. The van der Waals surface area contributed by atoms with E-state index in [1.807, 2.05) is 6.07 Å². The highest BCUT2D eigenvalue weighted by Crippen LogP contribution is 2.24. The van der Waals surface area contributed by atoms with Crippen LogP contribution in [-0.2, 0) is 0 Å². The third kappa shape index (κ3) is 3.36. The molecule has 0 amide bonds. The van der Waals surface area contributed by atoms with Gasteiger partial charge in [0, 0.05) is 24.8 Å². The van der Waals surface area contributed by atoms with Crippen LogP contribution in [0.3, 0.4) is 0 Å². The minimum absolute atomic E-state index is 0.193. The van der Waals surface area contributed by atoms with Crippen molar-refractivity contribution < 1.29 is 4.39 Å². The lowest BCUT2D eigenvalue weighted by molar-refractivity contribution is 0.415. The second-order valence-electron chi connectivity index (χ2n) is 4.81. The first-order chi connectivity index (χ1) is 8.70. The molecule has 0 aromatic heterocycles. The van der Waals surface area contributed by atoms with Crippen LogP contribution in [0.2, 0.25) is 5.02 Å². The molecule has 1 fully saturated rings. The highest BCUT2D eigenvalue weighted by atomic mass is 35.5. The predicted molar refractivity (Wildman–Crippen MR) is 74.9 cm³/mol. The lowest BCUT2D eigenvalue weighted by Gasteiger charge is -2.34. The van der Waals surface area contributed by atoms with Crippen LogP contribution >= 0.6 is 11.6 Å². The lowest BCUT2D eigenvalue weighted by Crippen LogP contribution is -2.42. The van der Waals surface area contributed by atoms with Gasteiger partial charge in [-0.2, -0.15) is 0 Å². The van der Waals surface area contributed by atoms with E-state index < -0.39 is 0 Å². The van der Waals surface area contributed by atoms with Crippen LogP contribution in [0.15, 0.2) is 18.2 Å². The van der Waals surface area contributed by atoms with Gasteiger partial charge in [-0.05, 0) is 44.0 Å². The van der Waals surface area contributed by atoms with E-state index in [4.69, 9.17) is 11.6 Å². The first kappa shape index (κ1) is 13.6. The summed E-state index contributed by atoms with van der Waals surface area (Å²) in [6.45, 7) is 5.21. The molecule has 0 bridgehead atoms. The minimum Gasteiger partial charge on any atom is -0.371 e. The Morgan fingerprint density at radius 2 is 2.11 bits per heavy atom. The largest absolute Gasteiger partial charge is 0.371 e. The molecule has 0 atom stereocenters. The summed E-state index contributed by atoms with van der Waals surface area (Å²) in [6.07, 6.45) is 3.40. The van der Waals surface area contributed by atoms with Crippen molar-refractivity contribution in [3.8, 4) is 0 Å². The molecule has 18 heavy (non-hydrogen) atoms. The van der Waals surface area contributed by atoms with Gasteiger partial charge in [-0.15, -0.1) is 0 Å². The fraction of sp³-hybridized carbons (Fsp3) is 0.571. The Labute approximate surface area is 113 Å². The van der Waals surface area contributed by atoms with Crippen LogP contribution in [0.25, 0.3) is 0 Å². The summed E-state index contributed by atoms with van der Waals surface area (Å²) in [5, 5.41) is 3.73. The van der Waals surface area contributed by atoms with Crippen molar-refractivity contribution in [1.82, 2.24) is 5.32 Å². The topological polar surface area (TPSA) is 15.3 Å². The summed E-state index contributed by atoms with van der Waals surface area (Å²) in [6, 6.07) is 5.67. The Kier molecular flexibility index (Phi) is 4.84. The quantitative estimate of drug-likeness (QED) is 0.902. The Hall–Kier alpha value is -0.800. The highest BCUT2D eigenvalue weighted by Gasteiger charge is 2.19. The monoisotopic (exact) mass is 270 g/mol. The summed E-state index contributed by atoms with van der Waals surface area (Å²) >= 11 is 5.70. The van der Waals surface area contributed by atoms with Gasteiger partial charge in [0.2, 0.25) is 0 Å². The molecule has 1 N–H and O–H groups in total. The molecular formula is C14H20ClFN2. The van der Waals surface area contributed by atoms with Crippen LogP contribution in [0, 0.1) is 5.82 Å². The maximum atomic E-state index is 13.4. The van der Waals surface area contributed by atoms with Crippen LogP contribution in [0.1, 0.15) is 26.2 Å². The Balaban J connectivity index is 1.90. The van der Waals surface area contributed by atoms with Gasteiger partial charge in [0.05, 0.1) is 5.02 Å². The fourth-order valence-electron chi connectivity index (χ4n) is 2.37. The lowest BCUT2D eigenvalue weighted by atomic mass is 10.0. The molecule has 0 unspecified atom stereocenters. The molecule has 2 rings (SSSR count). The average molecular weight is 271 g/mol.